The van der Waals surface area contributed by atoms with Crippen LogP contribution in [0.2, 0.25) is 0 Å². The van der Waals surface area contributed by atoms with Gasteiger partial charge in [0.25, 0.3) is 12.3 Å². The van der Waals surface area contributed by atoms with Gasteiger partial charge in [-0.25, -0.2) is 22.7 Å². The predicted octanol–water partition coefficient (Wildman–Crippen LogP) is 5.09. The minimum atomic E-state index is -2.94. The van der Waals surface area contributed by atoms with Gasteiger partial charge in [0, 0.05) is 29.9 Å². The maximum Gasteiger partial charge on any atom is 0.266 e. The number of pyridine rings is 1. The molecule has 7 nitrogen and oxygen atoms in total. The number of alkyl halides is 2. The van der Waals surface area contributed by atoms with E-state index in [1.165, 1.54) is 12.1 Å². The molecule has 3 heterocycles. The van der Waals surface area contributed by atoms with Crippen molar-refractivity contribution in [3.8, 4) is 0 Å². The summed E-state index contributed by atoms with van der Waals surface area (Å²) in [5.41, 5.74) is 1.36. The van der Waals surface area contributed by atoms with E-state index in [0.717, 1.165) is 68.9 Å². The minimum absolute atomic E-state index is 0.00945. The highest BCUT2D eigenvalue weighted by molar-refractivity contribution is 5.94. The van der Waals surface area contributed by atoms with Crippen molar-refractivity contribution in [2.75, 3.05) is 13.1 Å². The van der Waals surface area contributed by atoms with Gasteiger partial charge in [0.2, 0.25) is 0 Å². The number of hydrogen-bond donors (Lipinski definition) is 2. The largest absolute Gasteiger partial charge is 0.392 e. The van der Waals surface area contributed by atoms with Gasteiger partial charge in [0.1, 0.15) is 11.6 Å². The molecule has 1 saturated carbocycles. The number of fused-ring (bicyclic) bond motifs is 1. The van der Waals surface area contributed by atoms with E-state index in [2.05, 4.69) is 20.3 Å². The highest BCUT2D eigenvalue weighted by Crippen LogP contribution is 2.37. The second-order valence-electron chi connectivity index (χ2n) is 10.7. The van der Waals surface area contributed by atoms with Crippen molar-refractivity contribution < 1.29 is 23.1 Å². The number of aliphatic hydroxyl groups excluding tert-OH is 1. The summed E-state index contributed by atoms with van der Waals surface area (Å²) in [6.07, 6.45) is 4.19. The average molecular weight is 530 g/mol. The van der Waals surface area contributed by atoms with Gasteiger partial charge >= 0.3 is 0 Å². The molecule has 0 unspecified atom stereocenters. The third kappa shape index (κ3) is 5.42. The second-order valence-corrected chi connectivity index (χ2v) is 10.7. The van der Waals surface area contributed by atoms with Crippen LogP contribution in [0.3, 0.4) is 0 Å². The number of halogens is 3. The Balaban J connectivity index is 1.35. The molecule has 38 heavy (non-hydrogen) atoms. The van der Waals surface area contributed by atoms with Crippen LogP contribution >= 0.6 is 0 Å². The summed E-state index contributed by atoms with van der Waals surface area (Å²) >= 11 is 0. The van der Waals surface area contributed by atoms with Crippen molar-refractivity contribution in [2.45, 2.75) is 82.9 Å². The van der Waals surface area contributed by atoms with Gasteiger partial charge in [-0.1, -0.05) is 18.2 Å². The van der Waals surface area contributed by atoms with Gasteiger partial charge in [-0.3, -0.25) is 9.69 Å². The molecular weight excluding hydrogens is 495 g/mol. The number of likely N-dealkylation sites (tertiary alicyclic amines) is 1. The van der Waals surface area contributed by atoms with Crippen LogP contribution in [-0.2, 0) is 0 Å². The zero-order valence-electron chi connectivity index (χ0n) is 21.7. The van der Waals surface area contributed by atoms with Crippen LogP contribution in [0.4, 0.5) is 13.2 Å². The second kappa shape index (κ2) is 11.0. The topological polar surface area (TPSA) is 82.8 Å². The number of nitrogens with one attached hydrogen (secondary N) is 1. The molecule has 2 aliphatic rings. The molecule has 2 atom stereocenters. The highest BCUT2D eigenvalue weighted by atomic mass is 19.3. The monoisotopic (exact) mass is 529 g/mol. The molecule has 0 radical (unpaired) electrons. The van der Waals surface area contributed by atoms with Crippen molar-refractivity contribution in [3.05, 3.63) is 64.4 Å². The molecule has 1 aliphatic heterocycles. The number of carbonyl (C=O) groups is 1. The maximum atomic E-state index is 14.7. The molecule has 1 saturated heterocycles. The first kappa shape index (κ1) is 26.6. The lowest BCUT2D eigenvalue weighted by Crippen LogP contribution is -2.45. The van der Waals surface area contributed by atoms with Crippen molar-refractivity contribution in [3.63, 3.8) is 0 Å². The normalized spacial score (nSPS) is 23.6. The van der Waals surface area contributed by atoms with Gasteiger partial charge in [0.15, 0.2) is 5.65 Å². The smallest absolute Gasteiger partial charge is 0.266 e. The molecule has 1 amide bonds. The first-order valence-corrected chi connectivity index (χ1v) is 13.4. The lowest BCUT2D eigenvalue weighted by Gasteiger charge is -2.40. The number of rotatable bonds is 6. The van der Waals surface area contributed by atoms with Gasteiger partial charge in [-0.15, -0.1) is 0 Å². The van der Waals surface area contributed by atoms with E-state index in [0.29, 0.717) is 17.4 Å². The molecule has 1 aliphatic carbocycles. The van der Waals surface area contributed by atoms with E-state index < -0.39 is 29.8 Å². The molecule has 2 fully saturated rings. The molecule has 2 aromatic heterocycles. The Hall–Kier alpha value is -2.98. The Kier molecular flexibility index (Phi) is 7.72. The molecule has 3 aromatic rings. The highest BCUT2D eigenvalue weighted by Gasteiger charge is 2.31. The third-order valence-corrected chi connectivity index (χ3v) is 8.02. The summed E-state index contributed by atoms with van der Waals surface area (Å²) in [5, 5.41) is 17.3. The molecule has 1 aromatic carbocycles. The number of aromatic nitrogens is 3. The lowest BCUT2D eigenvalue weighted by atomic mass is 9.80. The summed E-state index contributed by atoms with van der Waals surface area (Å²) in [7, 11) is 0. The van der Waals surface area contributed by atoms with E-state index >= 15 is 0 Å². The van der Waals surface area contributed by atoms with E-state index in [9.17, 15) is 23.1 Å². The number of piperidine rings is 1. The zero-order chi connectivity index (χ0) is 27.0. The van der Waals surface area contributed by atoms with Crippen LogP contribution in [0, 0.1) is 12.7 Å². The maximum absolute atomic E-state index is 14.7. The lowest BCUT2D eigenvalue weighted by molar-refractivity contribution is 0.0345. The summed E-state index contributed by atoms with van der Waals surface area (Å²) in [6.45, 7) is 5.13. The third-order valence-electron chi connectivity index (χ3n) is 8.02. The molecule has 10 heteroatoms. The molecule has 0 spiro atoms. The van der Waals surface area contributed by atoms with Crippen molar-refractivity contribution >= 4 is 11.6 Å². The van der Waals surface area contributed by atoms with Gasteiger partial charge in [-0.05, 0) is 70.9 Å². The Morgan fingerprint density at radius 1 is 1.16 bits per heavy atom. The van der Waals surface area contributed by atoms with Crippen LogP contribution in [0.25, 0.3) is 5.65 Å². The number of hydrogen-bond acceptors (Lipinski definition) is 5. The SMILES string of the molecule is Cc1nc2c(C3CCC(N4CCC[C@H](O)C4)CC3)cc(C(=O)N[C@H](C)c3cccc(C(F)F)c3F)cn2n1. The predicted molar refractivity (Wildman–Crippen MR) is 137 cm³/mol. The van der Waals surface area contributed by atoms with Gasteiger partial charge < -0.3 is 10.4 Å². The van der Waals surface area contributed by atoms with Gasteiger partial charge in [-0.2, -0.15) is 5.10 Å². The van der Waals surface area contributed by atoms with Crippen molar-refractivity contribution in [2.24, 2.45) is 0 Å². The fourth-order valence-electron chi connectivity index (χ4n) is 6.04. The number of amides is 1. The molecule has 204 valence electrons. The number of carbonyl (C=O) groups excluding carboxylic acids is 1. The first-order chi connectivity index (χ1) is 18.2. The Morgan fingerprint density at radius 2 is 1.89 bits per heavy atom. The fraction of sp³-hybridized carbons (Fsp3) is 0.536. The minimum Gasteiger partial charge on any atom is -0.392 e. The molecular formula is C28H34F3N5O2. The number of aliphatic hydroxyl groups is 1. The molecule has 2 N–H and O–H groups in total. The summed E-state index contributed by atoms with van der Waals surface area (Å²) in [5.74, 6) is -0.639. The summed E-state index contributed by atoms with van der Waals surface area (Å²) < 4.78 is 42.6. The van der Waals surface area contributed by atoms with Crippen LogP contribution in [0.15, 0.2) is 30.5 Å². The summed E-state index contributed by atoms with van der Waals surface area (Å²) in [4.78, 5) is 20.3. The average Bonchev–Trinajstić information content (AvgIpc) is 3.28. The van der Waals surface area contributed by atoms with Crippen molar-refractivity contribution in [1.82, 2.24) is 24.8 Å². The van der Waals surface area contributed by atoms with Crippen LogP contribution in [0.5, 0.6) is 0 Å². The molecule has 0 bridgehead atoms. The zero-order valence-corrected chi connectivity index (χ0v) is 21.7. The Morgan fingerprint density at radius 3 is 2.61 bits per heavy atom. The van der Waals surface area contributed by atoms with E-state index in [-0.39, 0.29) is 17.6 Å². The quantitative estimate of drug-likeness (QED) is 0.465. The fourth-order valence-corrected chi connectivity index (χ4v) is 6.04. The van der Waals surface area contributed by atoms with E-state index in [1.807, 2.05) is 6.07 Å². The number of benzene rings is 1. The molecule has 5 rings (SSSR count). The summed E-state index contributed by atoms with van der Waals surface area (Å²) in [6, 6.07) is 5.30. The van der Waals surface area contributed by atoms with E-state index in [4.69, 9.17) is 0 Å². The number of aryl methyl sites for hydroxylation is 1. The standard InChI is InChI=1S/C28H34F3N5O2/c1-16(22-6-3-7-23(25(22)29)26(30)31)32-28(38)19-13-24(27-33-17(2)34-36(27)14-19)18-8-10-20(11-9-18)35-12-4-5-21(37)15-35/h3,6-7,13-14,16,18,20-21,26,37H,4-5,8-12,15H2,1-2H3,(H,32,38)/t16-,18?,20?,21+/m1/s1. The first-order valence-electron chi connectivity index (χ1n) is 13.4. The van der Waals surface area contributed by atoms with E-state index in [1.54, 1.807) is 24.6 Å². The van der Waals surface area contributed by atoms with Crippen LogP contribution in [-0.4, -0.2) is 55.7 Å². The Labute approximate surface area is 220 Å². The Bertz CT molecular complexity index is 1310. The van der Waals surface area contributed by atoms with Crippen LogP contribution in [0.1, 0.15) is 96.7 Å². The van der Waals surface area contributed by atoms with Gasteiger partial charge in [0.05, 0.1) is 23.3 Å². The number of nitrogens with zero attached hydrogens (tertiary/aromatic N) is 4. The number of β-amino-alcohol motifs (C(OH)–C–C–N with tert-alkyl or cyclic N) is 1. The van der Waals surface area contributed by atoms with Crippen LogP contribution < -0.4 is 5.32 Å². The van der Waals surface area contributed by atoms with Crippen molar-refractivity contribution in [1.29, 1.82) is 0 Å².